The molecule has 0 aliphatic heterocycles. The molecule has 7 heteroatoms. The molecule has 100 valence electrons. The summed E-state index contributed by atoms with van der Waals surface area (Å²) in [4.78, 5) is 11.2. The fraction of sp³-hybridized carbons (Fsp3) is 0.333. The molecule has 0 spiro atoms. The van der Waals surface area contributed by atoms with Crippen molar-refractivity contribution in [2.45, 2.75) is 26.2 Å². The maximum absolute atomic E-state index is 11.2. The molecule has 2 rings (SSSR count). The summed E-state index contributed by atoms with van der Waals surface area (Å²) in [6.45, 7) is 5.86. The van der Waals surface area contributed by atoms with Crippen molar-refractivity contribution in [2.24, 2.45) is 0 Å². The van der Waals surface area contributed by atoms with Crippen molar-refractivity contribution in [1.82, 2.24) is 20.0 Å². The van der Waals surface area contributed by atoms with Crippen LogP contribution in [0.1, 0.15) is 36.8 Å². The van der Waals surface area contributed by atoms with Crippen molar-refractivity contribution < 1.29 is 4.79 Å². The van der Waals surface area contributed by atoms with Crippen LogP contribution in [0.5, 0.6) is 0 Å². The van der Waals surface area contributed by atoms with Crippen molar-refractivity contribution in [3.63, 3.8) is 0 Å². The van der Waals surface area contributed by atoms with Crippen LogP contribution in [0.25, 0.3) is 5.82 Å². The Kier molecular flexibility index (Phi) is 3.60. The first kappa shape index (κ1) is 14.0. The molecule has 0 radical (unpaired) electrons. The van der Waals surface area contributed by atoms with Gasteiger partial charge in [-0.05, 0) is 12.1 Å². The number of carbonyl (C=O) groups is 1. The van der Waals surface area contributed by atoms with Crippen LogP contribution < -0.4 is 0 Å². The maximum Gasteiger partial charge on any atom is 0.177 e. The molecule has 0 fully saturated rings. The van der Waals surface area contributed by atoms with E-state index in [9.17, 15) is 4.79 Å². The summed E-state index contributed by atoms with van der Waals surface area (Å²) in [6, 6.07) is 3.22. The monoisotopic (exact) mass is 298 g/mol. The summed E-state index contributed by atoms with van der Waals surface area (Å²) >= 11 is 11.9. The van der Waals surface area contributed by atoms with Crippen LogP contribution in [0.3, 0.4) is 0 Å². The molecule has 0 atom stereocenters. The van der Waals surface area contributed by atoms with Crippen LogP contribution in [0.4, 0.5) is 0 Å². The molecule has 0 saturated heterocycles. The minimum atomic E-state index is -0.301. The number of aromatic nitrogens is 4. The summed E-state index contributed by atoms with van der Waals surface area (Å²) in [5.74, 6) is 0.410. The van der Waals surface area contributed by atoms with Crippen LogP contribution in [0.15, 0.2) is 12.1 Å². The zero-order valence-corrected chi connectivity index (χ0v) is 12.2. The Labute approximate surface area is 120 Å². The normalized spacial score (nSPS) is 11.6. The minimum absolute atomic E-state index is 0.219. The van der Waals surface area contributed by atoms with E-state index >= 15 is 0 Å². The first-order chi connectivity index (χ1) is 8.84. The van der Waals surface area contributed by atoms with Gasteiger partial charge in [-0.15, -0.1) is 10.2 Å². The number of nitrogens with zero attached hydrogens (tertiary/aromatic N) is 4. The van der Waals surface area contributed by atoms with Crippen molar-refractivity contribution in [2.75, 3.05) is 0 Å². The molecule has 2 heterocycles. The average Bonchev–Trinajstić information content (AvgIpc) is 2.67. The van der Waals surface area contributed by atoms with Gasteiger partial charge in [0.25, 0.3) is 0 Å². The molecule has 0 unspecified atom stereocenters. The Hall–Kier alpha value is -1.46. The zero-order valence-electron chi connectivity index (χ0n) is 10.7. The second kappa shape index (κ2) is 4.90. The quantitative estimate of drug-likeness (QED) is 0.800. The molecule has 19 heavy (non-hydrogen) atoms. The highest BCUT2D eigenvalue weighted by molar-refractivity contribution is 6.32. The van der Waals surface area contributed by atoms with E-state index < -0.39 is 0 Å². The largest absolute Gasteiger partial charge is 0.298 e. The summed E-state index contributed by atoms with van der Waals surface area (Å²) in [5, 5.41) is 12.5. The van der Waals surface area contributed by atoms with E-state index in [1.807, 2.05) is 20.8 Å². The van der Waals surface area contributed by atoms with Gasteiger partial charge in [0.1, 0.15) is 5.15 Å². The number of hydrogen-bond donors (Lipinski definition) is 0. The Morgan fingerprint density at radius 1 is 1.21 bits per heavy atom. The van der Waals surface area contributed by atoms with Gasteiger partial charge in [0.15, 0.2) is 17.3 Å². The predicted octanol–water partition coefficient (Wildman–Crippen LogP) is 3.08. The number of rotatable bonds is 2. The highest BCUT2D eigenvalue weighted by atomic mass is 35.5. The first-order valence-corrected chi connectivity index (χ1v) is 6.34. The lowest BCUT2D eigenvalue weighted by molar-refractivity contribution is 0.112. The molecule has 0 aliphatic carbocycles. The molecule has 0 bridgehead atoms. The van der Waals surface area contributed by atoms with Crippen LogP contribution in [0.2, 0.25) is 10.3 Å². The van der Waals surface area contributed by atoms with Gasteiger partial charge in [0.05, 0.1) is 11.3 Å². The van der Waals surface area contributed by atoms with Gasteiger partial charge in [0, 0.05) is 5.41 Å². The maximum atomic E-state index is 11.2. The Balaban J connectivity index is 2.63. The second-order valence-corrected chi connectivity index (χ2v) is 5.79. The Morgan fingerprint density at radius 2 is 1.89 bits per heavy atom. The minimum Gasteiger partial charge on any atom is -0.298 e. The smallest absolute Gasteiger partial charge is 0.177 e. The van der Waals surface area contributed by atoms with Gasteiger partial charge >= 0.3 is 0 Å². The van der Waals surface area contributed by atoms with Crippen LogP contribution in [-0.2, 0) is 5.41 Å². The van der Waals surface area contributed by atoms with Crippen molar-refractivity contribution in [1.29, 1.82) is 0 Å². The molecular weight excluding hydrogens is 287 g/mol. The first-order valence-electron chi connectivity index (χ1n) is 5.58. The molecule has 0 amide bonds. The van der Waals surface area contributed by atoms with Crippen LogP contribution in [0, 0.1) is 0 Å². The average molecular weight is 299 g/mol. The number of hydrogen-bond acceptors (Lipinski definition) is 4. The number of aldehydes is 1. The molecule has 0 aliphatic rings. The van der Waals surface area contributed by atoms with Crippen molar-refractivity contribution >= 4 is 29.5 Å². The third-order valence-corrected chi connectivity index (χ3v) is 3.09. The Bertz CT molecular complexity index is 614. The van der Waals surface area contributed by atoms with Crippen molar-refractivity contribution in [3.8, 4) is 5.82 Å². The van der Waals surface area contributed by atoms with Gasteiger partial charge in [0.2, 0.25) is 0 Å². The number of carbonyl (C=O) groups excluding carboxylic acids is 1. The van der Waals surface area contributed by atoms with E-state index in [2.05, 4.69) is 15.3 Å². The predicted molar refractivity (Wildman–Crippen MR) is 73.3 cm³/mol. The summed E-state index contributed by atoms with van der Waals surface area (Å²) in [7, 11) is 0. The van der Waals surface area contributed by atoms with E-state index in [1.54, 1.807) is 12.1 Å². The Morgan fingerprint density at radius 3 is 2.32 bits per heavy atom. The molecule has 0 N–H and O–H groups in total. The van der Waals surface area contributed by atoms with Gasteiger partial charge in [-0.1, -0.05) is 44.0 Å². The lowest BCUT2D eigenvalue weighted by atomic mass is 9.90. The zero-order chi connectivity index (χ0) is 14.2. The fourth-order valence-electron chi connectivity index (χ4n) is 1.64. The molecule has 5 nitrogen and oxygen atoms in total. The fourth-order valence-corrected chi connectivity index (χ4v) is 2.00. The summed E-state index contributed by atoms with van der Waals surface area (Å²) < 4.78 is 1.38. The lowest BCUT2D eigenvalue weighted by Gasteiger charge is -2.15. The molecule has 0 aromatic carbocycles. The van der Waals surface area contributed by atoms with Gasteiger partial charge in [-0.3, -0.25) is 4.79 Å². The molecule has 2 aromatic rings. The summed E-state index contributed by atoms with van der Waals surface area (Å²) in [6.07, 6.45) is 0.704. The third-order valence-electron chi connectivity index (χ3n) is 2.53. The standard InChI is InChI=1S/C12H12Cl2N4O/c1-12(2,3)10-7(6-19)11(14)18(17-10)9-5-4-8(13)15-16-9/h4-6H,1-3H3. The summed E-state index contributed by atoms with van der Waals surface area (Å²) in [5.41, 5.74) is 0.681. The van der Waals surface area contributed by atoms with Crippen LogP contribution in [-0.4, -0.2) is 26.3 Å². The van der Waals surface area contributed by atoms with E-state index in [0.29, 0.717) is 23.4 Å². The van der Waals surface area contributed by atoms with Gasteiger partial charge in [-0.25, -0.2) is 4.68 Å². The van der Waals surface area contributed by atoms with E-state index in [-0.39, 0.29) is 15.7 Å². The highest BCUT2D eigenvalue weighted by Gasteiger charge is 2.26. The molecule has 2 aromatic heterocycles. The number of halogens is 2. The van der Waals surface area contributed by atoms with Gasteiger partial charge < -0.3 is 0 Å². The van der Waals surface area contributed by atoms with E-state index in [4.69, 9.17) is 23.2 Å². The van der Waals surface area contributed by atoms with E-state index in [1.165, 1.54) is 4.68 Å². The SMILES string of the molecule is CC(C)(C)c1nn(-c2ccc(Cl)nn2)c(Cl)c1C=O. The third kappa shape index (κ3) is 2.62. The topological polar surface area (TPSA) is 60.7 Å². The second-order valence-electron chi connectivity index (χ2n) is 5.05. The van der Waals surface area contributed by atoms with E-state index in [0.717, 1.165) is 0 Å². The van der Waals surface area contributed by atoms with Crippen molar-refractivity contribution in [3.05, 3.63) is 33.7 Å². The van der Waals surface area contributed by atoms with Gasteiger partial charge in [-0.2, -0.15) is 5.10 Å². The molecular formula is C12H12Cl2N4O. The van der Waals surface area contributed by atoms with Crippen LogP contribution >= 0.6 is 23.2 Å². The highest BCUT2D eigenvalue weighted by Crippen LogP contribution is 2.30. The lowest BCUT2D eigenvalue weighted by Crippen LogP contribution is -2.14. The molecule has 0 saturated carbocycles.